The van der Waals surface area contributed by atoms with Crippen molar-refractivity contribution in [1.29, 1.82) is 0 Å². The number of carbonyl (C=O) groups excluding carboxylic acids is 2. The van der Waals surface area contributed by atoms with Gasteiger partial charge in [-0.1, -0.05) is 303 Å². The van der Waals surface area contributed by atoms with E-state index >= 15 is 0 Å². The summed E-state index contributed by atoms with van der Waals surface area (Å²) >= 11 is 0. The smallest absolute Gasteiger partial charge is 0.306 e. The first-order valence-electron chi connectivity index (χ1n) is 31.2. The highest BCUT2D eigenvalue weighted by molar-refractivity contribution is 7.45. The van der Waals surface area contributed by atoms with Crippen LogP contribution < -0.4 is 4.89 Å². The Kier molecular flexibility index (Phi) is 53.1. The van der Waals surface area contributed by atoms with Crippen LogP contribution in [0.15, 0.2) is 0 Å². The quantitative estimate of drug-likeness (QED) is 0.0256. The maximum absolute atomic E-state index is 12.8. The number of unbranched alkanes of at least 4 members (excludes halogenated alkanes) is 45. The second-order valence-electron chi connectivity index (χ2n) is 22.8. The van der Waals surface area contributed by atoms with Crippen LogP contribution in [-0.2, 0) is 32.7 Å². The summed E-state index contributed by atoms with van der Waals surface area (Å²) in [5.74, 6) is -0.810. The highest BCUT2D eigenvalue weighted by Crippen LogP contribution is 2.38. The summed E-state index contributed by atoms with van der Waals surface area (Å²) in [4.78, 5) is 37.8. The molecule has 0 saturated carbocycles. The van der Waals surface area contributed by atoms with Crippen molar-refractivity contribution in [1.82, 2.24) is 0 Å². The molecular weight excluding hydrogens is 906 g/mol. The first-order chi connectivity index (χ1) is 34.5. The minimum absolute atomic E-state index is 0.0252. The maximum atomic E-state index is 12.8. The molecule has 0 N–H and O–H groups in total. The van der Waals surface area contributed by atoms with Gasteiger partial charge in [0.05, 0.1) is 27.7 Å². The topological polar surface area (TPSA) is 111 Å². The van der Waals surface area contributed by atoms with Crippen LogP contribution in [0.1, 0.15) is 328 Å². The first kappa shape index (κ1) is 70.0. The molecule has 0 saturated heterocycles. The molecule has 0 radical (unpaired) electrons. The molecule has 2 atom stereocenters. The third-order valence-corrected chi connectivity index (χ3v) is 15.3. The molecule has 0 aromatic rings. The van der Waals surface area contributed by atoms with Crippen LogP contribution in [0.5, 0.6) is 0 Å². The van der Waals surface area contributed by atoms with E-state index in [4.69, 9.17) is 18.5 Å². The molecule has 0 aliphatic carbocycles. The Balaban J connectivity index is 3.93. The van der Waals surface area contributed by atoms with Gasteiger partial charge in [-0.05, 0) is 12.8 Å². The fraction of sp³-hybridized carbons (Fsp3) is 0.967. The number of ether oxygens (including phenoxy) is 2. The second-order valence-corrected chi connectivity index (χ2v) is 24.2. The van der Waals surface area contributed by atoms with Gasteiger partial charge >= 0.3 is 11.9 Å². The standard InChI is InChI=1S/C61H122NO8P/c1-6-8-10-12-14-16-18-20-22-23-24-25-26-27-28-29-30-31-32-33-34-35-36-37-38-39-40-42-44-46-48-50-52-54-61(64)70-59(58-69-71(65,66)68-56-55-62(3,4)5)57-67-60(63)53-51-49-47-45-43-41-21-19-17-15-13-11-9-7-2/h59H,6-58H2,1-5H3. The fourth-order valence-corrected chi connectivity index (χ4v) is 10.3. The summed E-state index contributed by atoms with van der Waals surface area (Å²) in [6, 6.07) is 0. The van der Waals surface area contributed by atoms with E-state index in [1.54, 1.807) is 0 Å². The molecule has 0 aliphatic rings. The highest BCUT2D eigenvalue weighted by atomic mass is 31.2. The average molecular weight is 1030 g/mol. The predicted molar refractivity (Wildman–Crippen MR) is 301 cm³/mol. The second kappa shape index (κ2) is 53.8. The molecule has 0 amide bonds. The number of carbonyl (C=O) groups is 2. The van der Waals surface area contributed by atoms with Gasteiger partial charge in [-0.2, -0.15) is 0 Å². The molecule has 0 spiro atoms. The molecule has 2 unspecified atom stereocenters. The van der Waals surface area contributed by atoms with Crippen LogP contribution in [0.25, 0.3) is 0 Å². The number of phosphoric ester groups is 1. The monoisotopic (exact) mass is 1030 g/mol. The van der Waals surface area contributed by atoms with Crippen molar-refractivity contribution in [2.75, 3.05) is 47.5 Å². The molecule has 0 bridgehead atoms. The predicted octanol–water partition coefficient (Wildman–Crippen LogP) is 18.8. The van der Waals surface area contributed by atoms with Gasteiger partial charge < -0.3 is 27.9 Å². The van der Waals surface area contributed by atoms with Crippen molar-refractivity contribution >= 4 is 19.8 Å². The van der Waals surface area contributed by atoms with E-state index < -0.39 is 26.5 Å². The molecule has 0 aromatic carbocycles. The zero-order chi connectivity index (χ0) is 52.0. The Hall–Kier alpha value is -0.990. The van der Waals surface area contributed by atoms with E-state index in [9.17, 15) is 19.0 Å². The Morgan fingerprint density at radius 3 is 0.901 bits per heavy atom. The van der Waals surface area contributed by atoms with E-state index in [0.717, 1.165) is 32.1 Å². The largest absolute Gasteiger partial charge is 0.756 e. The normalized spacial score (nSPS) is 13.2. The zero-order valence-electron chi connectivity index (χ0n) is 48.2. The Morgan fingerprint density at radius 1 is 0.380 bits per heavy atom. The summed E-state index contributed by atoms with van der Waals surface area (Å²) in [5, 5.41) is 0. The summed E-state index contributed by atoms with van der Waals surface area (Å²) in [5.41, 5.74) is 0. The van der Waals surface area contributed by atoms with Gasteiger partial charge in [0.25, 0.3) is 7.82 Å². The van der Waals surface area contributed by atoms with Crippen LogP contribution >= 0.6 is 7.82 Å². The van der Waals surface area contributed by atoms with Crippen LogP contribution in [0, 0.1) is 0 Å². The van der Waals surface area contributed by atoms with E-state index in [-0.39, 0.29) is 32.0 Å². The average Bonchev–Trinajstić information content (AvgIpc) is 3.33. The van der Waals surface area contributed by atoms with E-state index in [0.29, 0.717) is 17.4 Å². The van der Waals surface area contributed by atoms with Gasteiger partial charge in [0.2, 0.25) is 0 Å². The number of rotatable bonds is 59. The van der Waals surface area contributed by atoms with Crippen LogP contribution in [0.4, 0.5) is 0 Å². The summed E-state index contributed by atoms with van der Waals surface area (Å²) < 4.78 is 34.2. The number of quaternary nitrogens is 1. The molecule has 9 nitrogen and oxygen atoms in total. The highest BCUT2D eigenvalue weighted by Gasteiger charge is 2.22. The number of hydrogen-bond acceptors (Lipinski definition) is 8. The maximum Gasteiger partial charge on any atom is 0.306 e. The van der Waals surface area contributed by atoms with E-state index in [2.05, 4.69) is 13.8 Å². The molecule has 71 heavy (non-hydrogen) atoms. The lowest BCUT2D eigenvalue weighted by molar-refractivity contribution is -0.870. The third-order valence-electron chi connectivity index (χ3n) is 14.4. The van der Waals surface area contributed by atoms with Crippen LogP contribution in [-0.4, -0.2) is 70.0 Å². The van der Waals surface area contributed by atoms with Crippen LogP contribution in [0.2, 0.25) is 0 Å². The molecule has 10 heteroatoms. The van der Waals surface area contributed by atoms with Crippen molar-refractivity contribution in [3.05, 3.63) is 0 Å². The number of phosphoric acid groups is 1. The van der Waals surface area contributed by atoms with Crippen molar-refractivity contribution < 1.29 is 42.1 Å². The van der Waals surface area contributed by atoms with Crippen LogP contribution in [0.3, 0.4) is 0 Å². The summed E-state index contributed by atoms with van der Waals surface area (Å²) in [6.07, 6.45) is 61.8. The molecule has 0 aromatic heterocycles. The van der Waals surface area contributed by atoms with E-state index in [1.165, 1.54) is 263 Å². The Morgan fingerprint density at radius 2 is 0.634 bits per heavy atom. The van der Waals surface area contributed by atoms with Gasteiger partial charge in [-0.15, -0.1) is 0 Å². The molecule has 0 rings (SSSR count). The van der Waals surface area contributed by atoms with Gasteiger partial charge in [0, 0.05) is 12.8 Å². The van der Waals surface area contributed by atoms with Crippen molar-refractivity contribution in [3.8, 4) is 0 Å². The number of hydrogen-bond donors (Lipinski definition) is 0. The molecule has 0 heterocycles. The number of likely N-dealkylation sites (N-methyl/N-ethyl adjacent to an activating group) is 1. The third kappa shape index (κ3) is 58.1. The van der Waals surface area contributed by atoms with Crippen molar-refractivity contribution in [2.24, 2.45) is 0 Å². The zero-order valence-corrected chi connectivity index (χ0v) is 49.1. The van der Waals surface area contributed by atoms with E-state index in [1.807, 2.05) is 21.1 Å². The molecule has 424 valence electrons. The lowest BCUT2D eigenvalue weighted by atomic mass is 10.0. The molecule has 0 aliphatic heterocycles. The fourth-order valence-electron chi connectivity index (χ4n) is 9.54. The van der Waals surface area contributed by atoms with Gasteiger partial charge in [-0.25, -0.2) is 0 Å². The van der Waals surface area contributed by atoms with Crippen molar-refractivity contribution in [2.45, 2.75) is 335 Å². The molecular formula is C61H122NO8P. The van der Waals surface area contributed by atoms with Gasteiger partial charge in [0.15, 0.2) is 6.10 Å². The lowest BCUT2D eigenvalue weighted by Gasteiger charge is -2.28. The SMILES string of the molecule is CCCCCCCCCCCCCCCCCCCCCCCCCCCCCCCCCCCC(=O)OC(COC(=O)CCCCCCCCCCCCCCCC)COP(=O)([O-])OCC[N+](C)(C)C. The van der Waals surface area contributed by atoms with Crippen molar-refractivity contribution in [3.63, 3.8) is 0 Å². The first-order valence-corrected chi connectivity index (χ1v) is 32.7. The Labute approximate surface area is 442 Å². The van der Waals surface area contributed by atoms with Gasteiger partial charge in [-0.3, -0.25) is 14.2 Å². The molecule has 0 fully saturated rings. The number of esters is 2. The van der Waals surface area contributed by atoms with Gasteiger partial charge in [0.1, 0.15) is 19.8 Å². The minimum Gasteiger partial charge on any atom is -0.756 e. The Bertz CT molecular complexity index is 1160. The number of nitrogens with zero attached hydrogens (tertiary/aromatic N) is 1. The minimum atomic E-state index is -4.63. The summed E-state index contributed by atoms with van der Waals surface area (Å²) in [7, 11) is 1.19. The lowest BCUT2D eigenvalue weighted by Crippen LogP contribution is -2.37. The summed E-state index contributed by atoms with van der Waals surface area (Å²) in [6.45, 7) is 4.31.